The van der Waals surface area contributed by atoms with Crippen molar-refractivity contribution in [3.05, 3.63) is 0 Å². The second-order valence-electron chi connectivity index (χ2n) is 12.1. The van der Waals surface area contributed by atoms with Crippen LogP contribution in [0.3, 0.4) is 0 Å². The van der Waals surface area contributed by atoms with Gasteiger partial charge >= 0.3 is 0 Å². The summed E-state index contributed by atoms with van der Waals surface area (Å²) in [6, 6.07) is 0. The summed E-state index contributed by atoms with van der Waals surface area (Å²) in [6.45, 7) is 26.4. The Balaban J connectivity index is 0.000000221. The van der Waals surface area contributed by atoms with Crippen LogP contribution in [0.2, 0.25) is 0 Å². The standard InChI is InChI=1S/C8H16O.C7H15N.C7H14O2.C6H13N/c1-7(2)8-3-5-9-6-4-8;1-6(2)7-4-8(3)5-7;1-5(2)6-3-9-4-7(6)8;1-5(2)6-3-7-4-6/h7-8H,3-6H2,1-2H3;6-7H,4-5H2,1-3H3;5-8H,3-4H2,1-2H3;5-7H,3-4H2,1-2H3. The number of aliphatic hydroxyl groups is 1. The SMILES string of the molecule is CC(C)C1CCOCC1.CC(C)C1CN(C)C1.CC(C)C1CNC1.CC(C)C1COCC1O. The average Bonchev–Trinajstić information content (AvgIpc) is 3.12. The second-order valence-corrected chi connectivity index (χ2v) is 12.1. The van der Waals surface area contributed by atoms with Crippen LogP contribution < -0.4 is 5.32 Å². The summed E-state index contributed by atoms with van der Waals surface area (Å²) in [5.74, 6) is 6.44. The molecule has 0 saturated carbocycles. The van der Waals surface area contributed by atoms with Crippen molar-refractivity contribution in [2.24, 2.45) is 47.3 Å². The van der Waals surface area contributed by atoms with E-state index in [1.165, 1.54) is 39.0 Å². The number of aliphatic hydroxyl groups excluding tert-OH is 1. The fourth-order valence-electron chi connectivity index (χ4n) is 4.53. The summed E-state index contributed by atoms with van der Waals surface area (Å²) in [5.41, 5.74) is 0. The molecule has 0 amide bonds. The Labute approximate surface area is 206 Å². The Bertz CT molecular complexity index is 468. The first-order chi connectivity index (χ1) is 15.5. The third-order valence-corrected chi connectivity index (χ3v) is 7.95. The van der Waals surface area contributed by atoms with Crippen LogP contribution in [0.5, 0.6) is 0 Å². The van der Waals surface area contributed by atoms with E-state index in [1.54, 1.807) is 0 Å². The van der Waals surface area contributed by atoms with Crippen molar-refractivity contribution in [3.63, 3.8) is 0 Å². The summed E-state index contributed by atoms with van der Waals surface area (Å²) in [5, 5.41) is 12.5. The van der Waals surface area contributed by atoms with Crippen LogP contribution in [0.4, 0.5) is 0 Å². The minimum Gasteiger partial charge on any atom is -0.390 e. The molecule has 0 bridgehead atoms. The molecule has 33 heavy (non-hydrogen) atoms. The Morgan fingerprint density at radius 2 is 1.21 bits per heavy atom. The predicted molar refractivity (Wildman–Crippen MR) is 141 cm³/mol. The fraction of sp³-hybridized carbons (Fsp3) is 1.00. The molecule has 198 valence electrons. The summed E-state index contributed by atoms with van der Waals surface area (Å²) in [7, 11) is 2.18. The Morgan fingerprint density at radius 3 is 1.39 bits per heavy atom. The Hall–Kier alpha value is -0.200. The number of ether oxygens (including phenoxy) is 2. The van der Waals surface area contributed by atoms with Crippen LogP contribution in [0.15, 0.2) is 0 Å². The van der Waals surface area contributed by atoms with Crippen LogP contribution >= 0.6 is 0 Å². The van der Waals surface area contributed by atoms with E-state index in [2.05, 4.69) is 72.7 Å². The molecule has 0 aromatic carbocycles. The van der Waals surface area contributed by atoms with Gasteiger partial charge in [0, 0.05) is 32.2 Å². The van der Waals surface area contributed by atoms with Gasteiger partial charge in [0.05, 0.1) is 19.3 Å². The Morgan fingerprint density at radius 1 is 0.697 bits per heavy atom. The van der Waals surface area contributed by atoms with Gasteiger partial charge in [-0.3, -0.25) is 0 Å². The normalized spacial score (nSPS) is 26.7. The molecule has 4 saturated heterocycles. The molecule has 0 aromatic rings. The highest BCUT2D eigenvalue weighted by molar-refractivity contribution is 4.79. The highest BCUT2D eigenvalue weighted by atomic mass is 16.5. The lowest BCUT2D eigenvalue weighted by Crippen LogP contribution is -2.46. The van der Waals surface area contributed by atoms with E-state index in [0.29, 0.717) is 18.4 Å². The molecule has 0 aliphatic carbocycles. The molecule has 4 rings (SSSR count). The van der Waals surface area contributed by atoms with Crippen LogP contribution in [-0.2, 0) is 9.47 Å². The molecule has 0 spiro atoms. The van der Waals surface area contributed by atoms with Gasteiger partial charge < -0.3 is 24.8 Å². The first-order valence-corrected chi connectivity index (χ1v) is 13.8. The van der Waals surface area contributed by atoms with Crippen LogP contribution in [-0.4, -0.2) is 75.8 Å². The molecular formula is C28H58N2O3. The van der Waals surface area contributed by atoms with Crippen molar-refractivity contribution >= 4 is 0 Å². The van der Waals surface area contributed by atoms with E-state index < -0.39 is 0 Å². The maximum Gasteiger partial charge on any atom is 0.0826 e. The van der Waals surface area contributed by atoms with E-state index in [9.17, 15) is 5.11 Å². The lowest BCUT2D eigenvalue weighted by Gasteiger charge is -2.38. The zero-order valence-electron chi connectivity index (χ0n) is 23.5. The van der Waals surface area contributed by atoms with Gasteiger partial charge in [0.1, 0.15) is 0 Å². The Kier molecular flexibility index (Phi) is 15.4. The molecule has 4 fully saturated rings. The molecule has 5 nitrogen and oxygen atoms in total. The largest absolute Gasteiger partial charge is 0.390 e. The number of rotatable bonds is 4. The topological polar surface area (TPSA) is 54.0 Å². The minimum absolute atomic E-state index is 0.218. The van der Waals surface area contributed by atoms with E-state index in [1.807, 2.05) is 0 Å². The average molecular weight is 471 g/mol. The van der Waals surface area contributed by atoms with Gasteiger partial charge in [0.25, 0.3) is 0 Å². The summed E-state index contributed by atoms with van der Waals surface area (Å²) < 4.78 is 10.3. The van der Waals surface area contributed by atoms with Crippen molar-refractivity contribution in [2.75, 3.05) is 59.7 Å². The van der Waals surface area contributed by atoms with Crippen molar-refractivity contribution in [1.82, 2.24) is 10.2 Å². The second kappa shape index (κ2) is 16.5. The third-order valence-electron chi connectivity index (χ3n) is 7.95. The van der Waals surface area contributed by atoms with Crippen molar-refractivity contribution < 1.29 is 14.6 Å². The van der Waals surface area contributed by atoms with E-state index >= 15 is 0 Å². The summed E-state index contributed by atoms with van der Waals surface area (Å²) in [6.07, 6.45) is 2.33. The maximum absolute atomic E-state index is 9.23. The van der Waals surface area contributed by atoms with Crippen molar-refractivity contribution in [3.8, 4) is 0 Å². The smallest absolute Gasteiger partial charge is 0.0826 e. The van der Waals surface area contributed by atoms with E-state index in [-0.39, 0.29) is 6.10 Å². The van der Waals surface area contributed by atoms with Crippen LogP contribution in [0.25, 0.3) is 0 Å². The van der Waals surface area contributed by atoms with Gasteiger partial charge in [-0.2, -0.15) is 0 Å². The monoisotopic (exact) mass is 470 g/mol. The lowest BCUT2D eigenvalue weighted by atomic mass is 9.89. The lowest BCUT2D eigenvalue weighted by molar-refractivity contribution is 0.0523. The number of nitrogens with zero attached hydrogens (tertiary/aromatic N) is 1. The number of nitrogens with one attached hydrogen (secondary N) is 1. The number of hydrogen-bond acceptors (Lipinski definition) is 5. The highest BCUT2D eigenvalue weighted by Crippen LogP contribution is 2.23. The molecule has 2 unspecified atom stereocenters. The summed E-state index contributed by atoms with van der Waals surface area (Å²) >= 11 is 0. The molecule has 0 radical (unpaired) electrons. The number of likely N-dealkylation sites (tertiary alicyclic amines) is 1. The molecular weight excluding hydrogens is 412 g/mol. The summed E-state index contributed by atoms with van der Waals surface area (Å²) in [4.78, 5) is 2.37. The molecule has 4 aliphatic rings. The van der Waals surface area contributed by atoms with Gasteiger partial charge in [-0.25, -0.2) is 0 Å². The van der Waals surface area contributed by atoms with Gasteiger partial charge in [-0.15, -0.1) is 0 Å². The molecule has 4 aliphatic heterocycles. The molecule has 4 heterocycles. The molecule has 5 heteroatoms. The fourth-order valence-corrected chi connectivity index (χ4v) is 4.53. The minimum atomic E-state index is -0.218. The first-order valence-electron chi connectivity index (χ1n) is 13.8. The maximum atomic E-state index is 9.23. The highest BCUT2D eigenvalue weighted by Gasteiger charge is 2.28. The van der Waals surface area contributed by atoms with E-state index in [4.69, 9.17) is 9.47 Å². The van der Waals surface area contributed by atoms with Gasteiger partial charge in [-0.1, -0.05) is 55.4 Å². The van der Waals surface area contributed by atoms with Gasteiger partial charge in [0.2, 0.25) is 0 Å². The third kappa shape index (κ3) is 12.4. The van der Waals surface area contributed by atoms with Crippen molar-refractivity contribution in [2.45, 2.75) is 74.3 Å². The zero-order chi connectivity index (χ0) is 25.0. The predicted octanol–water partition coefficient (Wildman–Crippen LogP) is 4.78. The quantitative estimate of drug-likeness (QED) is 0.619. The van der Waals surface area contributed by atoms with E-state index in [0.717, 1.165) is 55.3 Å². The zero-order valence-corrected chi connectivity index (χ0v) is 23.5. The van der Waals surface area contributed by atoms with Gasteiger partial charge in [-0.05, 0) is 74.4 Å². The number of hydrogen-bond donors (Lipinski definition) is 2. The van der Waals surface area contributed by atoms with Crippen molar-refractivity contribution in [1.29, 1.82) is 0 Å². The molecule has 0 aromatic heterocycles. The van der Waals surface area contributed by atoms with Crippen LogP contribution in [0, 0.1) is 47.3 Å². The first kappa shape index (κ1) is 30.8. The molecule has 2 atom stereocenters. The van der Waals surface area contributed by atoms with Gasteiger partial charge in [0.15, 0.2) is 0 Å². The molecule has 2 N–H and O–H groups in total. The van der Waals surface area contributed by atoms with Crippen LogP contribution in [0.1, 0.15) is 68.2 Å².